The van der Waals surface area contributed by atoms with Crippen molar-refractivity contribution in [1.29, 1.82) is 0 Å². The number of rotatable bonds is 3. The summed E-state index contributed by atoms with van der Waals surface area (Å²) in [5, 5.41) is 12.7. The molecule has 104 valence electrons. The number of allylic oxidation sites excluding steroid dienone is 6. The third-order valence-corrected chi connectivity index (χ3v) is 4.65. The molecule has 3 aliphatic carbocycles. The van der Waals surface area contributed by atoms with Crippen molar-refractivity contribution in [2.24, 2.45) is 0 Å². The van der Waals surface area contributed by atoms with Crippen LogP contribution in [0.3, 0.4) is 0 Å². The highest BCUT2D eigenvalue weighted by Gasteiger charge is 2.38. The van der Waals surface area contributed by atoms with Crippen molar-refractivity contribution in [1.82, 2.24) is 5.32 Å². The van der Waals surface area contributed by atoms with Gasteiger partial charge in [0.1, 0.15) is 0 Å². The highest BCUT2D eigenvalue weighted by atomic mass is 16.5. The second-order valence-electron chi connectivity index (χ2n) is 5.90. The highest BCUT2D eigenvalue weighted by Crippen LogP contribution is 2.51. The van der Waals surface area contributed by atoms with Crippen LogP contribution < -0.4 is 5.32 Å². The van der Waals surface area contributed by atoms with Crippen LogP contribution in [0, 0.1) is 0 Å². The van der Waals surface area contributed by atoms with Crippen LogP contribution in [0.15, 0.2) is 46.1 Å². The molecule has 0 atom stereocenters. The predicted octanol–water partition coefficient (Wildman–Crippen LogP) is 1.15. The van der Waals surface area contributed by atoms with E-state index in [4.69, 9.17) is 4.74 Å². The molecule has 0 aromatic heterocycles. The minimum atomic E-state index is -0.526. The van der Waals surface area contributed by atoms with E-state index in [0.717, 1.165) is 17.6 Å². The van der Waals surface area contributed by atoms with Crippen LogP contribution in [0.1, 0.15) is 19.3 Å². The second-order valence-corrected chi connectivity index (χ2v) is 5.90. The number of hydrogen-bond acceptors (Lipinski definition) is 3. The molecule has 1 saturated carbocycles. The van der Waals surface area contributed by atoms with Crippen molar-refractivity contribution in [3.8, 4) is 0 Å². The third kappa shape index (κ3) is 1.72. The number of carbonyl (C=O) groups is 1. The molecular formula is C16H17NO3. The zero-order chi connectivity index (χ0) is 13.7. The summed E-state index contributed by atoms with van der Waals surface area (Å²) < 4.78 is 5.32. The average Bonchev–Trinajstić information content (AvgIpc) is 2.95. The number of nitrogens with one attached hydrogen (secondary N) is 1. The maximum Gasteiger partial charge on any atom is 0.252 e. The Hall–Kier alpha value is -1.65. The lowest BCUT2D eigenvalue weighted by atomic mass is 9.90. The topological polar surface area (TPSA) is 58.6 Å². The maximum atomic E-state index is 12.5. The van der Waals surface area contributed by atoms with Crippen molar-refractivity contribution >= 4 is 5.91 Å². The first-order valence-corrected chi connectivity index (χ1v) is 7.10. The number of aliphatic hydroxyl groups is 1. The van der Waals surface area contributed by atoms with Crippen molar-refractivity contribution < 1.29 is 14.6 Å². The Kier molecular flexibility index (Phi) is 2.53. The summed E-state index contributed by atoms with van der Waals surface area (Å²) in [5.74, 6) is -0.0825. The van der Waals surface area contributed by atoms with Gasteiger partial charge in [0.25, 0.3) is 5.91 Å². The van der Waals surface area contributed by atoms with Gasteiger partial charge in [0.15, 0.2) is 0 Å². The first-order valence-electron chi connectivity index (χ1n) is 7.10. The van der Waals surface area contributed by atoms with Crippen LogP contribution in [0.2, 0.25) is 0 Å². The molecule has 4 rings (SSSR count). The van der Waals surface area contributed by atoms with E-state index in [2.05, 4.69) is 11.4 Å². The molecule has 1 aliphatic heterocycles. The van der Waals surface area contributed by atoms with Gasteiger partial charge in [-0.3, -0.25) is 4.79 Å². The molecule has 2 fully saturated rings. The fraction of sp³-hybridized carbons (Fsp3) is 0.438. The number of amides is 1. The lowest BCUT2D eigenvalue weighted by Gasteiger charge is -2.36. The number of aliphatic hydroxyl groups excluding tert-OH is 1. The first-order chi connectivity index (χ1) is 9.72. The minimum Gasteiger partial charge on any atom is -0.394 e. The third-order valence-electron chi connectivity index (χ3n) is 4.65. The maximum absolute atomic E-state index is 12.5. The first kappa shape index (κ1) is 12.1. The highest BCUT2D eigenvalue weighted by molar-refractivity contribution is 6.02. The summed E-state index contributed by atoms with van der Waals surface area (Å²) >= 11 is 0. The molecule has 1 saturated heterocycles. The van der Waals surface area contributed by atoms with E-state index in [9.17, 15) is 9.90 Å². The van der Waals surface area contributed by atoms with Gasteiger partial charge in [0, 0.05) is 18.8 Å². The molecule has 0 aromatic rings. The number of hydrogen-bond donors (Lipinski definition) is 2. The SMILES string of the molecule is O=C(NC1(CO)CCOCC1)C1=C2C=C3CC3=C2C=C1. The van der Waals surface area contributed by atoms with E-state index in [0.29, 0.717) is 26.1 Å². The molecule has 1 heterocycles. The Morgan fingerprint density at radius 2 is 2.10 bits per heavy atom. The van der Waals surface area contributed by atoms with E-state index in [1.807, 2.05) is 12.2 Å². The zero-order valence-corrected chi connectivity index (χ0v) is 11.2. The smallest absolute Gasteiger partial charge is 0.252 e. The fourth-order valence-corrected chi connectivity index (χ4v) is 3.23. The van der Waals surface area contributed by atoms with Gasteiger partial charge < -0.3 is 15.2 Å². The molecule has 1 amide bonds. The molecular weight excluding hydrogens is 254 g/mol. The van der Waals surface area contributed by atoms with Crippen LogP contribution in [-0.4, -0.2) is 36.4 Å². The summed E-state index contributed by atoms with van der Waals surface area (Å²) in [5.41, 5.74) is 5.23. The molecule has 0 aromatic carbocycles. The quantitative estimate of drug-likeness (QED) is 0.809. The lowest BCUT2D eigenvalue weighted by Crippen LogP contribution is -2.54. The average molecular weight is 271 g/mol. The summed E-state index contributed by atoms with van der Waals surface area (Å²) in [6.45, 7) is 1.13. The van der Waals surface area contributed by atoms with Gasteiger partial charge in [-0.2, -0.15) is 0 Å². The van der Waals surface area contributed by atoms with Crippen LogP contribution in [0.25, 0.3) is 0 Å². The van der Waals surface area contributed by atoms with Crippen molar-refractivity contribution in [3.05, 3.63) is 46.1 Å². The molecule has 4 heteroatoms. The summed E-state index contributed by atoms with van der Waals surface area (Å²) in [4.78, 5) is 12.5. The van der Waals surface area contributed by atoms with Crippen molar-refractivity contribution in [2.45, 2.75) is 24.8 Å². The second kappa shape index (κ2) is 4.17. The Morgan fingerprint density at radius 3 is 2.85 bits per heavy atom. The Bertz CT molecular complexity index is 616. The van der Waals surface area contributed by atoms with Crippen LogP contribution in [0.5, 0.6) is 0 Å². The molecule has 0 radical (unpaired) electrons. The van der Waals surface area contributed by atoms with E-state index >= 15 is 0 Å². The van der Waals surface area contributed by atoms with Gasteiger partial charge in [-0.15, -0.1) is 0 Å². The Morgan fingerprint density at radius 1 is 1.30 bits per heavy atom. The molecule has 4 nitrogen and oxygen atoms in total. The summed E-state index contributed by atoms with van der Waals surface area (Å²) in [7, 11) is 0. The van der Waals surface area contributed by atoms with E-state index in [1.54, 1.807) is 0 Å². The van der Waals surface area contributed by atoms with Crippen molar-refractivity contribution in [2.75, 3.05) is 19.8 Å². The normalized spacial score (nSPS) is 25.6. The van der Waals surface area contributed by atoms with E-state index < -0.39 is 5.54 Å². The van der Waals surface area contributed by atoms with Gasteiger partial charge in [0.2, 0.25) is 0 Å². The Labute approximate surface area is 117 Å². The molecule has 4 aliphatic rings. The van der Waals surface area contributed by atoms with Gasteiger partial charge in [0.05, 0.1) is 12.1 Å². The number of carbonyl (C=O) groups excluding carboxylic acids is 1. The molecule has 0 bridgehead atoms. The molecule has 0 unspecified atom stereocenters. The summed E-state index contributed by atoms with van der Waals surface area (Å²) in [6, 6.07) is 0. The predicted molar refractivity (Wildman–Crippen MR) is 73.9 cm³/mol. The van der Waals surface area contributed by atoms with E-state index in [1.165, 1.54) is 16.7 Å². The number of fused-ring (bicyclic) bond motifs is 2. The zero-order valence-electron chi connectivity index (χ0n) is 11.2. The minimum absolute atomic E-state index is 0.0382. The Balaban J connectivity index is 1.57. The molecule has 0 spiro atoms. The van der Waals surface area contributed by atoms with E-state index in [-0.39, 0.29) is 12.5 Å². The monoisotopic (exact) mass is 271 g/mol. The molecule has 2 N–H and O–H groups in total. The largest absolute Gasteiger partial charge is 0.394 e. The summed E-state index contributed by atoms with van der Waals surface area (Å²) in [6.07, 6.45) is 8.45. The van der Waals surface area contributed by atoms with Gasteiger partial charge in [-0.05, 0) is 53.7 Å². The van der Waals surface area contributed by atoms with Gasteiger partial charge in [-0.1, -0.05) is 6.08 Å². The van der Waals surface area contributed by atoms with Crippen LogP contribution in [0.4, 0.5) is 0 Å². The van der Waals surface area contributed by atoms with Gasteiger partial charge in [-0.25, -0.2) is 0 Å². The number of ether oxygens (including phenoxy) is 1. The molecule has 20 heavy (non-hydrogen) atoms. The van der Waals surface area contributed by atoms with Crippen LogP contribution >= 0.6 is 0 Å². The van der Waals surface area contributed by atoms with Crippen LogP contribution in [-0.2, 0) is 9.53 Å². The fourth-order valence-electron chi connectivity index (χ4n) is 3.23. The lowest BCUT2D eigenvalue weighted by molar-refractivity contribution is -0.121. The standard InChI is InChI=1S/C16H17NO3/c18-9-16(3-5-20-6-4-16)17-15(19)12-2-1-11-13-7-10(13)8-14(11)12/h1-2,8,18H,3-7,9H2,(H,17,19). The van der Waals surface area contributed by atoms with Crippen molar-refractivity contribution in [3.63, 3.8) is 0 Å². The van der Waals surface area contributed by atoms with Gasteiger partial charge >= 0.3 is 0 Å².